The van der Waals surface area contributed by atoms with Crippen molar-refractivity contribution in [2.45, 2.75) is 49.8 Å². The van der Waals surface area contributed by atoms with Crippen molar-refractivity contribution < 1.29 is 4.79 Å². The van der Waals surface area contributed by atoms with Gasteiger partial charge in [0.1, 0.15) is 0 Å². The van der Waals surface area contributed by atoms with E-state index in [1.807, 2.05) is 25.6 Å². The van der Waals surface area contributed by atoms with Gasteiger partial charge >= 0.3 is 0 Å². The van der Waals surface area contributed by atoms with Crippen molar-refractivity contribution in [3.8, 4) is 0 Å². The first kappa shape index (κ1) is 16.1. The van der Waals surface area contributed by atoms with Gasteiger partial charge in [0.2, 0.25) is 5.91 Å². The van der Waals surface area contributed by atoms with E-state index in [2.05, 4.69) is 21.8 Å². The number of carbonyl (C=O) groups is 1. The molecule has 2 fully saturated rings. The van der Waals surface area contributed by atoms with Crippen LogP contribution in [0.1, 0.15) is 39.5 Å². The molecule has 1 aliphatic heterocycles. The second kappa shape index (κ2) is 6.67. The Morgan fingerprint density at radius 1 is 1.30 bits per heavy atom. The second-order valence-electron chi connectivity index (χ2n) is 6.57. The van der Waals surface area contributed by atoms with Crippen LogP contribution in [0.25, 0.3) is 0 Å². The lowest BCUT2D eigenvalue weighted by Gasteiger charge is -2.40. The highest BCUT2D eigenvalue weighted by molar-refractivity contribution is 8.00. The van der Waals surface area contributed by atoms with Crippen molar-refractivity contribution in [1.82, 2.24) is 15.5 Å². The molecule has 1 heterocycles. The maximum Gasteiger partial charge on any atom is 0.240 e. The molecule has 5 heteroatoms. The third-order valence-electron chi connectivity index (χ3n) is 4.98. The molecule has 2 rings (SSSR count). The summed E-state index contributed by atoms with van der Waals surface area (Å²) in [5.74, 6) is 0.180. The summed E-state index contributed by atoms with van der Waals surface area (Å²) in [4.78, 5) is 14.9. The smallest absolute Gasteiger partial charge is 0.240 e. The maximum absolute atomic E-state index is 12.6. The Bertz CT molecular complexity index is 334. The summed E-state index contributed by atoms with van der Waals surface area (Å²) in [5, 5.41) is 6.57. The zero-order chi connectivity index (χ0) is 14.6. The highest BCUT2D eigenvalue weighted by Crippen LogP contribution is 2.39. The topological polar surface area (TPSA) is 44.4 Å². The summed E-state index contributed by atoms with van der Waals surface area (Å²) in [6.07, 6.45) is 7.26. The highest BCUT2D eigenvalue weighted by atomic mass is 32.2. The molecule has 0 radical (unpaired) electrons. The van der Waals surface area contributed by atoms with Gasteiger partial charge in [-0.25, -0.2) is 0 Å². The Morgan fingerprint density at radius 2 is 1.90 bits per heavy atom. The summed E-state index contributed by atoms with van der Waals surface area (Å²) in [6.45, 7) is 8.78. The molecule has 1 saturated heterocycles. The Labute approximate surface area is 127 Å². The maximum atomic E-state index is 12.6. The van der Waals surface area contributed by atoms with Crippen LogP contribution in [-0.4, -0.2) is 60.1 Å². The molecule has 1 saturated carbocycles. The first-order chi connectivity index (χ1) is 9.50. The van der Waals surface area contributed by atoms with Crippen LogP contribution in [0.15, 0.2) is 0 Å². The van der Waals surface area contributed by atoms with Crippen LogP contribution in [0.2, 0.25) is 0 Å². The number of carbonyl (C=O) groups excluding carboxylic acids is 1. The summed E-state index contributed by atoms with van der Waals surface area (Å²) >= 11 is 1.93. The largest absolute Gasteiger partial charge is 0.353 e. The predicted octanol–water partition coefficient (Wildman–Crippen LogP) is 1.46. The van der Waals surface area contributed by atoms with Crippen molar-refractivity contribution in [3.05, 3.63) is 0 Å². The molecule has 1 aliphatic carbocycles. The molecule has 2 N–H and O–H groups in total. The van der Waals surface area contributed by atoms with Gasteiger partial charge in [0.15, 0.2) is 0 Å². The van der Waals surface area contributed by atoms with Crippen molar-refractivity contribution in [1.29, 1.82) is 0 Å². The molecular weight excluding hydrogens is 270 g/mol. The van der Waals surface area contributed by atoms with Gasteiger partial charge in [-0.1, -0.05) is 12.8 Å². The Hall–Kier alpha value is -0.260. The van der Waals surface area contributed by atoms with Gasteiger partial charge in [-0.2, -0.15) is 11.8 Å². The lowest BCUT2D eigenvalue weighted by molar-refractivity contribution is -0.132. The Kier molecular flexibility index (Phi) is 5.37. The lowest BCUT2D eigenvalue weighted by Crippen LogP contribution is -2.60. The van der Waals surface area contributed by atoms with Crippen LogP contribution >= 0.6 is 11.8 Å². The van der Waals surface area contributed by atoms with Gasteiger partial charge in [-0.3, -0.25) is 9.69 Å². The average molecular weight is 299 g/mol. The summed E-state index contributed by atoms with van der Waals surface area (Å²) in [7, 11) is 0. The van der Waals surface area contributed by atoms with Crippen LogP contribution in [0.4, 0.5) is 0 Å². The fourth-order valence-electron chi connectivity index (χ4n) is 3.30. The molecule has 1 amide bonds. The number of hydrogen-bond donors (Lipinski definition) is 2. The predicted molar refractivity (Wildman–Crippen MR) is 86.2 cm³/mol. The molecule has 0 aromatic heterocycles. The van der Waals surface area contributed by atoms with Gasteiger partial charge < -0.3 is 10.6 Å². The van der Waals surface area contributed by atoms with Gasteiger partial charge in [-0.15, -0.1) is 0 Å². The standard InChI is InChI=1S/C15H29N3OS/c1-14(2,18-10-8-16-9-11-18)13(19)17-12-15(20-3)6-4-5-7-15/h16H,4-12H2,1-3H3,(H,17,19). The van der Waals surface area contributed by atoms with Gasteiger partial charge in [0, 0.05) is 37.5 Å². The quantitative estimate of drug-likeness (QED) is 0.807. The lowest BCUT2D eigenvalue weighted by atomic mass is 9.99. The fourth-order valence-corrected chi connectivity index (χ4v) is 4.21. The molecule has 116 valence electrons. The summed E-state index contributed by atoms with van der Waals surface area (Å²) in [5.41, 5.74) is -0.402. The number of hydrogen-bond acceptors (Lipinski definition) is 4. The number of nitrogens with one attached hydrogen (secondary N) is 2. The Balaban J connectivity index is 1.89. The van der Waals surface area contributed by atoms with E-state index in [-0.39, 0.29) is 10.7 Å². The zero-order valence-electron chi connectivity index (χ0n) is 13.1. The monoisotopic (exact) mass is 299 g/mol. The molecule has 4 nitrogen and oxygen atoms in total. The zero-order valence-corrected chi connectivity index (χ0v) is 13.9. The van der Waals surface area contributed by atoms with Crippen molar-refractivity contribution in [2.75, 3.05) is 39.0 Å². The number of thioether (sulfide) groups is 1. The van der Waals surface area contributed by atoms with Crippen molar-refractivity contribution in [3.63, 3.8) is 0 Å². The average Bonchev–Trinajstić information content (AvgIpc) is 2.95. The minimum absolute atomic E-state index is 0.180. The molecule has 0 spiro atoms. The molecule has 0 unspecified atom stereocenters. The number of amides is 1. The second-order valence-corrected chi connectivity index (χ2v) is 7.85. The highest BCUT2D eigenvalue weighted by Gasteiger charge is 2.38. The molecular formula is C15H29N3OS. The fraction of sp³-hybridized carbons (Fsp3) is 0.933. The van der Waals surface area contributed by atoms with E-state index in [9.17, 15) is 4.79 Å². The van der Waals surface area contributed by atoms with Gasteiger partial charge in [0.25, 0.3) is 0 Å². The van der Waals surface area contributed by atoms with Gasteiger partial charge in [0.05, 0.1) is 5.54 Å². The molecule has 0 aromatic rings. The first-order valence-electron chi connectivity index (χ1n) is 7.79. The molecule has 2 aliphatic rings. The number of nitrogens with zero attached hydrogens (tertiary/aromatic N) is 1. The van der Waals surface area contributed by atoms with Gasteiger partial charge in [-0.05, 0) is 32.9 Å². The molecule has 0 atom stereocenters. The van der Waals surface area contributed by atoms with E-state index in [4.69, 9.17) is 0 Å². The SMILES string of the molecule is CSC1(CNC(=O)C(C)(C)N2CCNCC2)CCCC1. The van der Waals surface area contributed by atoms with E-state index in [0.29, 0.717) is 0 Å². The summed E-state index contributed by atoms with van der Waals surface area (Å²) in [6, 6.07) is 0. The van der Waals surface area contributed by atoms with Crippen molar-refractivity contribution >= 4 is 17.7 Å². The molecule has 20 heavy (non-hydrogen) atoms. The summed E-state index contributed by atoms with van der Waals surface area (Å²) < 4.78 is 0.287. The molecule has 0 bridgehead atoms. The van der Waals surface area contributed by atoms with Crippen LogP contribution < -0.4 is 10.6 Å². The first-order valence-corrected chi connectivity index (χ1v) is 9.02. The van der Waals surface area contributed by atoms with E-state index in [0.717, 1.165) is 32.7 Å². The normalized spacial score (nSPS) is 23.8. The van der Waals surface area contributed by atoms with E-state index in [1.54, 1.807) is 0 Å². The van der Waals surface area contributed by atoms with Crippen molar-refractivity contribution in [2.24, 2.45) is 0 Å². The minimum atomic E-state index is -0.402. The third kappa shape index (κ3) is 3.49. The van der Waals surface area contributed by atoms with Crippen LogP contribution in [0, 0.1) is 0 Å². The van der Waals surface area contributed by atoms with Crippen LogP contribution in [0.3, 0.4) is 0 Å². The van der Waals surface area contributed by atoms with E-state index in [1.165, 1.54) is 25.7 Å². The van der Waals surface area contributed by atoms with E-state index < -0.39 is 5.54 Å². The third-order valence-corrected chi connectivity index (χ3v) is 6.40. The number of piperazine rings is 1. The minimum Gasteiger partial charge on any atom is -0.353 e. The van der Waals surface area contributed by atoms with Crippen LogP contribution in [0.5, 0.6) is 0 Å². The molecule has 0 aromatic carbocycles. The van der Waals surface area contributed by atoms with Crippen LogP contribution in [-0.2, 0) is 4.79 Å². The number of rotatable bonds is 5. The van der Waals surface area contributed by atoms with E-state index >= 15 is 0 Å². The Morgan fingerprint density at radius 3 is 2.45 bits per heavy atom.